The lowest BCUT2D eigenvalue weighted by Gasteiger charge is -2.39. The standard InChI is InChI=1S/2C9H22N.H2O4S/c2*1-6-10(7-2,8-3)9(4)5;1-5(2,3)4/h2*9H,6-8H2,1-5H3;(H2,1,2,3,4)/q2*+1;/p-2. The van der Waals surface area contributed by atoms with Gasteiger partial charge in [0, 0.05) is 10.4 Å². The van der Waals surface area contributed by atoms with Gasteiger partial charge < -0.3 is 18.1 Å². The van der Waals surface area contributed by atoms with E-state index in [0.29, 0.717) is 0 Å². The minimum atomic E-state index is -5.17. The highest BCUT2D eigenvalue weighted by atomic mass is 32.3. The Bertz CT molecular complexity index is 353. The van der Waals surface area contributed by atoms with E-state index in [2.05, 4.69) is 69.2 Å². The summed E-state index contributed by atoms with van der Waals surface area (Å²) in [6.07, 6.45) is 0. The van der Waals surface area contributed by atoms with Crippen molar-refractivity contribution in [2.24, 2.45) is 0 Å². The van der Waals surface area contributed by atoms with E-state index in [1.165, 1.54) is 48.2 Å². The predicted octanol–water partition coefficient (Wildman–Crippen LogP) is 3.20. The Morgan fingerprint density at radius 3 is 0.720 bits per heavy atom. The number of rotatable bonds is 8. The van der Waals surface area contributed by atoms with Crippen molar-refractivity contribution in [1.29, 1.82) is 0 Å². The molecule has 0 aliphatic rings. The molecule has 0 bridgehead atoms. The minimum Gasteiger partial charge on any atom is -0.759 e. The van der Waals surface area contributed by atoms with Crippen LogP contribution >= 0.6 is 0 Å². The van der Waals surface area contributed by atoms with Gasteiger partial charge >= 0.3 is 0 Å². The first-order chi connectivity index (χ1) is 11.3. The molecule has 0 aliphatic carbocycles. The summed E-state index contributed by atoms with van der Waals surface area (Å²) < 4.78 is 36.6. The summed E-state index contributed by atoms with van der Waals surface area (Å²) in [4.78, 5) is 0. The van der Waals surface area contributed by atoms with Gasteiger partial charge in [-0.15, -0.1) is 0 Å². The highest BCUT2D eigenvalue weighted by Crippen LogP contribution is 2.12. The van der Waals surface area contributed by atoms with Crippen LogP contribution in [0.15, 0.2) is 0 Å². The molecule has 0 aliphatic heterocycles. The second kappa shape index (κ2) is 13.9. The van der Waals surface area contributed by atoms with Crippen molar-refractivity contribution in [2.75, 3.05) is 39.3 Å². The fourth-order valence-electron chi connectivity index (χ4n) is 3.53. The van der Waals surface area contributed by atoms with E-state index in [1.54, 1.807) is 0 Å². The van der Waals surface area contributed by atoms with Crippen LogP contribution in [-0.4, -0.2) is 77.8 Å². The van der Waals surface area contributed by atoms with Crippen molar-refractivity contribution in [3.05, 3.63) is 0 Å². The molecule has 156 valence electrons. The summed E-state index contributed by atoms with van der Waals surface area (Å²) in [5, 5.41) is 0. The molecular formula is C18H44N2O4S. The first kappa shape index (κ1) is 29.5. The maximum absolute atomic E-state index is 8.52. The molecule has 0 unspecified atom stereocenters. The number of quaternary nitrogens is 2. The summed E-state index contributed by atoms with van der Waals surface area (Å²) in [6.45, 7) is 30.6. The molecule has 0 saturated heterocycles. The molecule has 0 heterocycles. The maximum atomic E-state index is 8.52. The largest absolute Gasteiger partial charge is 0.759 e. The lowest BCUT2D eigenvalue weighted by molar-refractivity contribution is -0.943. The first-order valence-corrected chi connectivity index (χ1v) is 11.0. The minimum absolute atomic E-state index is 0.778. The summed E-state index contributed by atoms with van der Waals surface area (Å²) in [5.74, 6) is 0. The zero-order valence-electron chi connectivity index (χ0n) is 18.3. The number of nitrogens with zero attached hydrogens (tertiary/aromatic N) is 2. The molecule has 25 heavy (non-hydrogen) atoms. The van der Waals surface area contributed by atoms with Gasteiger partial charge in [0.1, 0.15) is 0 Å². The third kappa shape index (κ3) is 12.7. The van der Waals surface area contributed by atoms with Gasteiger partial charge in [0.25, 0.3) is 0 Å². The third-order valence-corrected chi connectivity index (χ3v) is 5.97. The van der Waals surface area contributed by atoms with Crippen LogP contribution in [0.2, 0.25) is 0 Å². The van der Waals surface area contributed by atoms with Gasteiger partial charge in [-0.2, -0.15) is 0 Å². The Morgan fingerprint density at radius 2 is 0.720 bits per heavy atom. The molecule has 0 amide bonds. The van der Waals surface area contributed by atoms with Crippen LogP contribution in [0.1, 0.15) is 69.2 Å². The zero-order valence-corrected chi connectivity index (χ0v) is 19.1. The monoisotopic (exact) mass is 384 g/mol. The summed E-state index contributed by atoms with van der Waals surface area (Å²) >= 11 is 0. The van der Waals surface area contributed by atoms with Crippen molar-refractivity contribution in [3.63, 3.8) is 0 Å². The Balaban J connectivity index is -0.000000308. The molecule has 0 aromatic heterocycles. The van der Waals surface area contributed by atoms with Crippen LogP contribution in [-0.2, 0) is 10.4 Å². The van der Waals surface area contributed by atoms with E-state index in [1.807, 2.05) is 0 Å². The smallest absolute Gasteiger partial charge is 0.0833 e. The Morgan fingerprint density at radius 1 is 0.600 bits per heavy atom. The van der Waals surface area contributed by atoms with Crippen LogP contribution in [0.4, 0.5) is 0 Å². The third-order valence-electron chi connectivity index (χ3n) is 5.97. The average molecular weight is 385 g/mol. The summed E-state index contributed by atoms with van der Waals surface area (Å²) in [5.41, 5.74) is 0. The lowest BCUT2D eigenvalue weighted by Crippen LogP contribution is -2.52. The predicted molar refractivity (Wildman–Crippen MR) is 105 cm³/mol. The Labute approximate surface area is 158 Å². The van der Waals surface area contributed by atoms with Gasteiger partial charge in [0.2, 0.25) is 0 Å². The second-order valence-corrected chi connectivity index (χ2v) is 7.75. The Hall–Kier alpha value is -0.210. The van der Waals surface area contributed by atoms with Gasteiger partial charge in [-0.3, -0.25) is 8.42 Å². The first-order valence-electron chi connectivity index (χ1n) is 9.63. The van der Waals surface area contributed by atoms with Gasteiger partial charge in [0.15, 0.2) is 0 Å². The van der Waals surface area contributed by atoms with Gasteiger partial charge in [-0.1, -0.05) is 0 Å². The van der Waals surface area contributed by atoms with Crippen LogP contribution < -0.4 is 0 Å². The zero-order chi connectivity index (χ0) is 20.9. The molecule has 0 fully saturated rings. The highest BCUT2D eigenvalue weighted by Gasteiger charge is 2.24. The van der Waals surface area contributed by atoms with E-state index in [0.717, 1.165) is 12.1 Å². The molecule has 6 nitrogen and oxygen atoms in total. The van der Waals surface area contributed by atoms with Crippen molar-refractivity contribution >= 4 is 10.4 Å². The number of hydrogen-bond donors (Lipinski definition) is 0. The van der Waals surface area contributed by atoms with E-state index in [4.69, 9.17) is 17.5 Å². The van der Waals surface area contributed by atoms with Crippen molar-refractivity contribution in [1.82, 2.24) is 0 Å². The van der Waals surface area contributed by atoms with Gasteiger partial charge in [0.05, 0.1) is 51.4 Å². The molecule has 0 saturated carbocycles. The number of hydrogen-bond acceptors (Lipinski definition) is 4. The quantitative estimate of drug-likeness (QED) is 0.366. The van der Waals surface area contributed by atoms with Crippen LogP contribution in [0.5, 0.6) is 0 Å². The fourth-order valence-corrected chi connectivity index (χ4v) is 3.53. The van der Waals surface area contributed by atoms with Crippen LogP contribution in [0.25, 0.3) is 0 Å². The van der Waals surface area contributed by atoms with E-state index >= 15 is 0 Å². The molecule has 0 atom stereocenters. The average Bonchev–Trinajstić information content (AvgIpc) is 2.50. The summed E-state index contributed by atoms with van der Waals surface area (Å²) in [6, 6.07) is 1.56. The molecule has 7 heteroatoms. The fraction of sp³-hybridized carbons (Fsp3) is 1.00. The maximum Gasteiger partial charge on any atom is 0.0833 e. The SMILES string of the molecule is CC[N+](CC)(CC)C(C)C.CC[N+](CC)(CC)C(C)C.O=S(=O)([O-])[O-]. The topological polar surface area (TPSA) is 80.3 Å². The molecule has 0 spiro atoms. The second-order valence-electron chi connectivity index (χ2n) is 6.93. The molecule has 0 aromatic rings. The Kier molecular flexibility index (Phi) is 16.5. The molecular weight excluding hydrogens is 340 g/mol. The van der Waals surface area contributed by atoms with Crippen molar-refractivity contribution < 1.29 is 26.5 Å². The highest BCUT2D eigenvalue weighted by molar-refractivity contribution is 7.79. The molecule has 0 rings (SSSR count). The van der Waals surface area contributed by atoms with E-state index < -0.39 is 10.4 Å². The van der Waals surface area contributed by atoms with Crippen molar-refractivity contribution in [3.8, 4) is 0 Å². The van der Waals surface area contributed by atoms with Gasteiger partial charge in [-0.25, -0.2) is 0 Å². The van der Waals surface area contributed by atoms with Crippen LogP contribution in [0, 0.1) is 0 Å². The van der Waals surface area contributed by atoms with E-state index in [9.17, 15) is 0 Å². The van der Waals surface area contributed by atoms with Gasteiger partial charge in [-0.05, 0) is 69.2 Å². The molecule has 0 radical (unpaired) electrons. The lowest BCUT2D eigenvalue weighted by atomic mass is 10.2. The molecule has 0 aromatic carbocycles. The normalized spacial score (nSPS) is 12.4. The van der Waals surface area contributed by atoms with Crippen LogP contribution in [0.3, 0.4) is 0 Å². The van der Waals surface area contributed by atoms with Crippen molar-refractivity contribution in [2.45, 2.75) is 81.3 Å². The summed E-state index contributed by atoms with van der Waals surface area (Å²) in [7, 11) is -5.17. The van der Waals surface area contributed by atoms with E-state index in [-0.39, 0.29) is 0 Å². The molecule has 0 N–H and O–H groups in total.